The minimum Gasteiger partial charge on any atom is -0.468 e. The molecule has 1 aliphatic carbocycles. The normalized spacial score (nSPS) is 14.2. The van der Waals surface area contributed by atoms with Crippen molar-refractivity contribution in [3.8, 4) is 0 Å². The molecule has 3 fully saturated rings. The van der Waals surface area contributed by atoms with Crippen molar-refractivity contribution in [1.29, 1.82) is 0 Å². The molecule has 2 atom stereocenters. The molecule has 838 valence electrons. The Labute approximate surface area is 865 Å². The molecule has 2 unspecified atom stereocenters. The Balaban J connectivity index is -0.000000150. The predicted octanol–water partition coefficient (Wildman–Crippen LogP) is 13.9. The minimum absolute atomic E-state index is 0.0252. The first-order chi connectivity index (χ1) is 66.1. The summed E-state index contributed by atoms with van der Waals surface area (Å²) in [7, 11) is -11.4. The van der Waals surface area contributed by atoms with Crippen LogP contribution in [0, 0.1) is 0 Å². The molecule has 0 bridgehead atoms. The van der Waals surface area contributed by atoms with Gasteiger partial charge in [0.05, 0.1) is 44.1 Å². The number of methoxy groups -OCH3 is 1. The van der Waals surface area contributed by atoms with Crippen LogP contribution in [0.25, 0.3) is 0 Å². The number of hydrogen-bond donors (Lipinski definition) is 2. The van der Waals surface area contributed by atoms with Crippen LogP contribution in [0.1, 0.15) is 211 Å². The fourth-order valence-electron chi connectivity index (χ4n) is 11.8. The van der Waals surface area contributed by atoms with E-state index >= 15 is 0 Å². The zero-order chi connectivity index (χ0) is 112. The summed E-state index contributed by atoms with van der Waals surface area (Å²) >= 11 is 4.79. The first-order valence-corrected chi connectivity index (χ1v) is 69.0. The van der Waals surface area contributed by atoms with Crippen molar-refractivity contribution in [3.63, 3.8) is 0 Å². The van der Waals surface area contributed by atoms with E-state index < -0.39 is 97.0 Å². The molecular formula is C89H186O41S3Si8. The van der Waals surface area contributed by atoms with Crippen molar-refractivity contribution in [1.82, 2.24) is 0 Å². The zero-order valence-electron chi connectivity index (χ0n) is 91.9. The Morgan fingerprint density at radius 3 is 1.19 bits per heavy atom. The number of aliphatic hydroxyl groups is 2. The molecule has 3 rings (SSSR count). The van der Waals surface area contributed by atoms with E-state index in [-0.39, 0.29) is 71.8 Å². The number of hydrogen-bond acceptors (Lipinski definition) is 44. The Bertz CT molecular complexity index is 3040. The van der Waals surface area contributed by atoms with Crippen LogP contribution in [0.3, 0.4) is 0 Å². The summed E-state index contributed by atoms with van der Waals surface area (Å²) in [6.45, 7) is 74.6. The summed E-state index contributed by atoms with van der Waals surface area (Å²) < 4.78 is 133. The lowest BCUT2D eigenvalue weighted by Crippen LogP contribution is -2.50. The van der Waals surface area contributed by atoms with E-state index in [2.05, 4.69) is 11.3 Å². The van der Waals surface area contributed by atoms with E-state index in [9.17, 15) is 43.5 Å². The van der Waals surface area contributed by atoms with Crippen molar-refractivity contribution in [2.75, 3.05) is 180 Å². The van der Waals surface area contributed by atoms with E-state index in [1.807, 2.05) is 219 Å². The van der Waals surface area contributed by atoms with Gasteiger partial charge in [-0.15, -0.1) is 23.5 Å². The first-order valence-electron chi connectivity index (χ1n) is 46.4. The number of rotatable bonds is 55. The van der Waals surface area contributed by atoms with Crippen LogP contribution >= 0.6 is 35.3 Å². The average Bonchev–Trinajstić information content (AvgIpc) is 1.69. The van der Waals surface area contributed by atoms with E-state index in [1.165, 1.54) is 46.1 Å². The smallest absolute Gasteiger partial charge is 0.468 e. The molecule has 2 aliphatic heterocycles. The van der Waals surface area contributed by atoms with Gasteiger partial charge in [0.15, 0.2) is 0 Å². The lowest BCUT2D eigenvalue weighted by Gasteiger charge is -2.28. The molecule has 0 radical (unpaired) electrons. The molecule has 141 heavy (non-hydrogen) atoms. The summed E-state index contributed by atoms with van der Waals surface area (Å²) in [5, 5.41) is 20.0. The molecule has 0 amide bonds. The minimum atomic E-state index is -2.82. The van der Waals surface area contributed by atoms with Crippen LogP contribution in [0.2, 0.25) is 56.9 Å². The fourth-order valence-corrected chi connectivity index (χ4v) is 33.3. The second-order valence-electron chi connectivity index (χ2n) is 32.8. The Hall–Kier alpha value is -4.61. The number of thioether (sulfide) groups is 3. The summed E-state index contributed by atoms with van der Waals surface area (Å²) in [5.74, 6) is 0.980. The van der Waals surface area contributed by atoms with E-state index in [1.54, 1.807) is 50.0 Å². The summed E-state index contributed by atoms with van der Waals surface area (Å²) in [6.07, 6.45) is 7.69. The van der Waals surface area contributed by atoms with Gasteiger partial charge >= 0.3 is 116 Å². The third-order valence-corrected chi connectivity index (χ3v) is 46.0. The molecule has 2 N–H and O–H groups in total. The van der Waals surface area contributed by atoms with Gasteiger partial charge in [-0.05, 0) is 260 Å². The van der Waals surface area contributed by atoms with Gasteiger partial charge in [0.2, 0.25) is 0 Å². The maximum atomic E-state index is 11.9. The number of aliphatic hydroxyl groups excluding tert-OH is 2. The number of carbonyl (C=O) groups excluding carboxylic acids is 14. The quantitative estimate of drug-likeness (QED) is 0.0188. The van der Waals surface area contributed by atoms with Crippen LogP contribution in [-0.4, -0.2) is 376 Å². The van der Waals surface area contributed by atoms with Gasteiger partial charge in [-0.1, -0.05) is 0 Å². The standard InChI is InChI=1S/C14H28O4SSi.C13H28O5SSi.C12H24O4Si.C10H20O5Si.C10H22O4Si.C9H20O4SSi.C8H18O4Si.C7H14O5Si.6CH2O/c1-5-16-20(4,17-6-2)12-19-11-13(15)18-14(3)9-7-8-10-14;1-13(2,3)18-12(15)7-9-19-8-6-10-20(11-14,16-4)17-5;1-7-14-17(6,15-8-2)10-9-11(13)16-12(3,4)5;1-4-13-16(3,14-5-2)7-6-9-8-12-10(11)15-9;1-7-12-15(6,13-8-2)9(11)14-10(3,4)5;1-5-12-15(4,13-6-2)8-14-7-9(10)11-3;1-5-11-13(4,12-6-2)7-10-8(3)9;1-10-13(5-8,11-2)6-3-4-12-7(6)9;6*1-2/h5-12H2,1-4H3;14H,6-11H2,1-5H3;9-10H,7-8H2,1-6H3;9H,4-8H2,1-3H3;7-8H2,1-6H3;5-8H2,1-4H3;5-7H2,1-4H3;6,8H,3-5H2,1-2H3;6*1H2/b;;10-9+;;;;;;;;;;;. The van der Waals surface area contributed by atoms with E-state index in [0.29, 0.717) is 117 Å². The van der Waals surface area contributed by atoms with Crippen LogP contribution in [-0.2, 0) is 171 Å². The van der Waals surface area contributed by atoms with Crippen LogP contribution in [0.4, 0.5) is 9.59 Å². The van der Waals surface area contributed by atoms with Gasteiger partial charge in [-0.3, -0.25) is 28.8 Å². The van der Waals surface area contributed by atoms with Gasteiger partial charge in [0.25, 0.3) is 0 Å². The Morgan fingerprint density at radius 2 is 0.865 bits per heavy atom. The molecule has 3 aliphatic rings. The number of ether oxygens (including phenoxy) is 9. The van der Waals surface area contributed by atoms with Crippen molar-refractivity contribution < 1.29 is 191 Å². The third-order valence-electron chi connectivity index (χ3n) is 17.6. The van der Waals surface area contributed by atoms with Gasteiger partial charge in [-0.25, -0.2) is 9.59 Å². The van der Waals surface area contributed by atoms with Gasteiger partial charge in [0, 0.05) is 137 Å². The summed E-state index contributed by atoms with van der Waals surface area (Å²) in [6, 6.07) is 1.58. The van der Waals surface area contributed by atoms with E-state index in [0.717, 1.165) is 72.9 Å². The van der Waals surface area contributed by atoms with Crippen molar-refractivity contribution in [3.05, 3.63) is 11.8 Å². The molecule has 0 spiro atoms. The second-order valence-corrected chi connectivity index (χ2v) is 62.6. The van der Waals surface area contributed by atoms with Gasteiger partial charge < -0.3 is 152 Å². The van der Waals surface area contributed by atoms with Crippen molar-refractivity contribution in [2.24, 2.45) is 0 Å². The van der Waals surface area contributed by atoms with Crippen molar-refractivity contribution in [2.45, 2.75) is 296 Å². The molecule has 0 aromatic carbocycles. The Kier molecular flexibility index (Phi) is 107. The third kappa shape index (κ3) is 88.1. The lowest BCUT2D eigenvalue weighted by atomic mass is 10.1. The molecular weight excluding hydrogens is 2050 g/mol. The monoisotopic (exact) mass is 2230 g/mol. The zero-order valence-corrected chi connectivity index (χ0v) is 102. The second kappa shape index (κ2) is 95.0. The fraction of sp³-hybridized carbons (Fsp3) is 0.820. The first kappa shape index (κ1) is 159. The van der Waals surface area contributed by atoms with E-state index in [4.69, 9.17) is 143 Å². The predicted molar refractivity (Wildman–Crippen MR) is 565 cm³/mol. The maximum absolute atomic E-state index is 11.9. The number of carbonyl (C=O) groups is 14. The van der Waals surface area contributed by atoms with Crippen LogP contribution < -0.4 is 0 Å². The highest BCUT2D eigenvalue weighted by Crippen LogP contribution is 2.35. The SMILES string of the molecule is C=O.C=O.C=O.C=O.C=O.C=O.CCO[Si](C)(/C=C/C(=O)OC(C)(C)C)OCC.CCO[Si](C)(CCC1COC(=O)O1)OCC.CCO[Si](C)(COC(C)=O)OCC.CCO[Si](C)(CSCC(=O)OC)OCC.CCO[Si](C)(CSCC(=O)OC1(C)CCCC1)OCC.CCO[Si](C)(OCC)C(=O)OC(C)(C)C.CO[Si](CO)(CCCSCCC(=O)OC(C)(C)C)OC.CO[Si](CO)(OC)C1CCOC1=O. The molecule has 2 heterocycles. The molecule has 0 aromatic rings. The highest BCUT2D eigenvalue weighted by molar-refractivity contribution is 8.01. The van der Waals surface area contributed by atoms with Gasteiger partial charge in [0.1, 0.15) is 87.6 Å². The lowest BCUT2D eigenvalue weighted by molar-refractivity contribution is -0.155. The van der Waals surface area contributed by atoms with Gasteiger partial charge in [-0.2, -0.15) is 11.8 Å². The molecule has 41 nitrogen and oxygen atoms in total. The van der Waals surface area contributed by atoms with Crippen molar-refractivity contribution >= 4 is 192 Å². The highest BCUT2D eigenvalue weighted by Gasteiger charge is 2.52. The largest absolute Gasteiger partial charge is 0.508 e. The molecule has 1 saturated carbocycles. The summed E-state index contributed by atoms with van der Waals surface area (Å²) in [4.78, 5) is 138. The molecule has 52 heteroatoms. The molecule has 2 saturated heterocycles. The summed E-state index contributed by atoms with van der Waals surface area (Å²) in [5.41, 5.74) is -0.640. The topological polar surface area (TPSA) is 510 Å². The maximum Gasteiger partial charge on any atom is 0.508 e. The Morgan fingerprint density at radius 1 is 0.475 bits per heavy atom. The highest BCUT2D eigenvalue weighted by atomic mass is 32.2. The van der Waals surface area contributed by atoms with Crippen LogP contribution in [0.15, 0.2) is 11.8 Å². The molecule has 0 aromatic heterocycles. The van der Waals surface area contributed by atoms with Crippen LogP contribution in [0.5, 0.6) is 0 Å². The number of cyclic esters (lactones) is 3. The average molecular weight is 2230 g/mol. The number of esters is 6.